The second-order valence-electron chi connectivity index (χ2n) is 6.67. The van der Waals surface area contributed by atoms with E-state index in [1.165, 1.54) is 25.3 Å². The molecule has 1 N–H and O–H groups in total. The van der Waals surface area contributed by atoms with Crippen LogP contribution >= 0.6 is 11.6 Å². The first-order valence-corrected chi connectivity index (χ1v) is 9.16. The topological polar surface area (TPSA) is 71.4 Å². The minimum absolute atomic E-state index is 0.0370. The minimum atomic E-state index is -5.13. The summed E-state index contributed by atoms with van der Waals surface area (Å²) in [6.45, 7) is 0.962. The highest BCUT2D eigenvalue weighted by Crippen LogP contribution is 2.41. The second-order valence-corrected chi connectivity index (χ2v) is 7.08. The van der Waals surface area contributed by atoms with Crippen molar-refractivity contribution in [2.45, 2.75) is 25.2 Å². The van der Waals surface area contributed by atoms with Crippen molar-refractivity contribution < 1.29 is 32.5 Å². The van der Waals surface area contributed by atoms with Gasteiger partial charge in [0.25, 0.3) is 11.6 Å². The Morgan fingerprint density at radius 1 is 1.23 bits per heavy atom. The fraction of sp³-hybridized carbons (Fsp3) is 0.300. The highest BCUT2D eigenvalue weighted by Gasteiger charge is 2.63. The lowest BCUT2D eigenvalue weighted by Crippen LogP contribution is -2.57. The van der Waals surface area contributed by atoms with Crippen LogP contribution in [0, 0.1) is 6.92 Å². The van der Waals surface area contributed by atoms with Gasteiger partial charge in [-0.1, -0.05) is 11.6 Å². The molecule has 2 aromatic carbocycles. The molecule has 6 nitrogen and oxygen atoms in total. The van der Waals surface area contributed by atoms with Crippen LogP contribution in [0.3, 0.4) is 0 Å². The van der Waals surface area contributed by atoms with Crippen LogP contribution in [-0.2, 0) is 4.79 Å². The molecule has 0 saturated heterocycles. The Balaban J connectivity index is 1.84. The summed E-state index contributed by atoms with van der Waals surface area (Å²) in [4.78, 5) is 12.5. The van der Waals surface area contributed by atoms with E-state index >= 15 is 0 Å². The fourth-order valence-electron chi connectivity index (χ4n) is 2.89. The predicted octanol–water partition coefficient (Wildman–Crippen LogP) is 3.92. The molecule has 0 bridgehead atoms. The maximum Gasteiger partial charge on any atom is 0.438 e. The Labute approximate surface area is 175 Å². The predicted molar refractivity (Wildman–Crippen MR) is 104 cm³/mol. The number of methoxy groups -OCH3 is 1. The number of rotatable bonds is 5. The first-order valence-electron chi connectivity index (χ1n) is 8.78. The maximum atomic E-state index is 13.6. The van der Waals surface area contributed by atoms with Crippen molar-refractivity contribution in [1.29, 1.82) is 0 Å². The van der Waals surface area contributed by atoms with E-state index in [2.05, 4.69) is 5.10 Å². The summed E-state index contributed by atoms with van der Waals surface area (Å²) < 4.78 is 51.2. The minimum Gasteiger partial charge on any atom is -0.497 e. The highest BCUT2D eigenvalue weighted by atomic mass is 35.5. The van der Waals surface area contributed by atoms with Crippen molar-refractivity contribution in [1.82, 2.24) is 5.01 Å². The molecule has 0 radical (unpaired) electrons. The quantitative estimate of drug-likeness (QED) is 0.761. The van der Waals surface area contributed by atoms with Gasteiger partial charge in [-0.15, -0.1) is 0 Å². The molecule has 3 rings (SSSR count). The zero-order valence-electron chi connectivity index (χ0n) is 16.0. The molecule has 0 aliphatic carbocycles. The number of ether oxygens (including phenoxy) is 2. The van der Waals surface area contributed by atoms with Crippen LogP contribution in [0.4, 0.5) is 13.2 Å². The van der Waals surface area contributed by atoms with Gasteiger partial charge >= 0.3 is 6.18 Å². The standard InChI is InChI=1S/C20H18ClF3N2O4/c1-12-9-15(7-8-16(12)21)30-11-18(27)26-19(28,20(22,23)24)10-17(25-26)13-3-5-14(29-2)6-4-13/h3-9,28H,10-11H2,1-2H3/t19-/m0/s1. The number of hydrazone groups is 1. The summed E-state index contributed by atoms with van der Waals surface area (Å²) in [6, 6.07) is 10.6. The second kappa shape index (κ2) is 8.16. The highest BCUT2D eigenvalue weighted by molar-refractivity contribution is 6.31. The average Bonchev–Trinajstić information content (AvgIpc) is 3.08. The Bertz CT molecular complexity index is 979. The summed E-state index contributed by atoms with van der Waals surface area (Å²) in [5.74, 6) is -0.395. The summed E-state index contributed by atoms with van der Waals surface area (Å²) in [5.41, 5.74) is -2.57. The van der Waals surface area contributed by atoms with Gasteiger partial charge in [-0.2, -0.15) is 23.3 Å². The number of hydrogen-bond donors (Lipinski definition) is 1. The SMILES string of the molecule is COc1ccc(C2=NN(C(=O)COc3ccc(Cl)c(C)c3)[C@@](O)(C(F)(F)F)C2)cc1. The summed E-state index contributed by atoms with van der Waals surface area (Å²) in [5, 5.41) is 14.6. The van der Waals surface area contributed by atoms with Crippen molar-refractivity contribution in [3.63, 3.8) is 0 Å². The Hall–Kier alpha value is -2.78. The van der Waals surface area contributed by atoms with Crippen LogP contribution in [0.2, 0.25) is 5.02 Å². The van der Waals surface area contributed by atoms with Gasteiger partial charge in [-0.25, -0.2) is 0 Å². The number of alkyl halides is 3. The normalized spacial score (nSPS) is 18.9. The first-order chi connectivity index (χ1) is 14.0. The zero-order chi connectivity index (χ0) is 22.1. The van der Waals surface area contributed by atoms with E-state index < -0.39 is 30.8 Å². The Morgan fingerprint density at radius 2 is 1.87 bits per heavy atom. The lowest BCUT2D eigenvalue weighted by molar-refractivity contribution is -0.302. The smallest absolute Gasteiger partial charge is 0.438 e. The zero-order valence-corrected chi connectivity index (χ0v) is 16.8. The molecule has 0 spiro atoms. The molecule has 1 amide bonds. The number of hydrogen-bond acceptors (Lipinski definition) is 5. The molecular formula is C20H18ClF3N2O4. The largest absolute Gasteiger partial charge is 0.497 e. The van der Waals surface area contributed by atoms with Crippen LogP contribution in [-0.4, -0.2) is 47.4 Å². The number of aryl methyl sites for hydroxylation is 1. The monoisotopic (exact) mass is 442 g/mol. The molecule has 2 aromatic rings. The van der Waals surface area contributed by atoms with Gasteiger partial charge in [0.15, 0.2) is 6.61 Å². The van der Waals surface area contributed by atoms with E-state index in [1.54, 1.807) is 31.2 Å². The van der Waals surface area contributed by atoms with Crippen molar-refractivity contribution in [2.24, 2.45) is 5.10 Å². The van der Waals surface area contributed by atoms with Gasteiger partial charge in [0.2, 0.25) is 0 Å². The third-order valence-electron chi connectivity index (χ3n) is 4.59. The molecular weight excluding hydrogens is 425 g/mol. The van der Waals surface area contributed by atoms with Crippen molar-refractivity contribution in [2.75, 3.05) is 13.7 Å². The number of carbonyl (C=O) groups excluding carboxylic acids is 1. The molecule has 1 aliphatic rings. The number of benzene rings is 2. The van der Waals surface area contributed by atoms with Crippen LogP contribution in [0.1, 0.15) is 17.5 Å². The van der Waals surface area contributed by atoms with E-state index in [4.69, 9.17) is 21.1 Å². The molecule has 160 valence electrons. The van der Waals surface area contributed by atoms with Crippen molar-refractivity contribution >= 4 is 23.2 Å². The third-order valence-corrected chi connectivity index (χ3v) is 5.01. The van der Waals surface area contributed by atoms with E-state index in [1.807, 2.05) is 0 Å². The molecule has 1 heterocycles. The van der Waals surface area contributed by atoms with Gasteiger partial charge in [-0.3, -0.25) is 4.79 Å². The summed E-state index contributed by atoms with van der Waals surface area (Å²) >= 11 is 5.91. The Morgan fingerprint density at radius 3 is 2.43 bits per heavy atom. The molecule has 1 aliphatic heterocycles. The van der Waals surface area contributed by atoms with E-state index in [0.717, 1.165) is 0 Å². The third kappa shape index (κ3) is 4.22. The van der Waals surface area contributed by atoms with Crippen LogP contribution in [0.5, 0.6) is 11.5 Å². The molecule has 30 heavy (non-hydrogen) atoms. The molecule has 0 aromatic heterocycles. The molecule has 10 heteroatoms. The maximum absolute atomic E-state index is 13.6. The van der Waals surface area contributed by atoms with Gasteiger partial charge in [0.05, 0.1) is 19.2 Å². The number of nitrogens with zero attached hydrogens (tertiary/aromatic N) is 2. The number of carbonyl (C=O) groups is 1. The van der Waals surface area contributed by atoms with E-state index in [-0.39, 0.29) is 16.5 Å². The van der Waals surface area contributed by atoms with Crippen LogP contribution in [0.25, 0.3) is 0 Å². The van der Waals surface area contributed by atoms with Gasteiger partial charge < -0.3 is 14.6 Å². The molecule has 0 unspecified atom stereocenters. The number of aliphatic hydroxyl groups is 1. The van der Waals surface area contributed by atoms with E-state index in [0.29, 0.717) is 21.9 Å². The lowest BCUT2D eigenvalue weighted by Gasteiger charge is -2.32. The molecule has 1 atom stereocenters. The number of halogens is 4. The first kappa shape index (κ1) is 21.9. The van der Waals surface area contributed by atoms with Crippen LogP contribution in [0.15, 0.2) is 47.6 Å². The lowest BCUT2D eigenvalue weighted by atomic mass is 10.0. The van der Waals surface area contributed by atoms with E-state index in [9.17, 15) is 23.1 Å². The summed E-state index contributed by atoms with van der Waals surface area (Å²) in [6.07, 6.45) is -6.04. The Kier molecular flexibility index (Phi) is 5.96. The average molecular weight is 443 g/mol. The molecule has 0 saturated carbocycles. The van der Waals surface area contributed by atoms with Gasteiger partial charge in [0.1, 0.15) is 11.5 Å². The van der Waals surface area contributed by atoms with Crippen molar-refractivity contribution in [3.05, 3.63) is 58.6 Å². The fourth-order valence-corrected chi connectivity index (χ4v) is 3.00. The van der Waals surface area contributed by atoms with Crippen LogP contribution < -0.4 is 9.47 Å². The molecule has 0 fully saturated rings. The number of amides is 1. The van der Waals surface area contributed by atoms with Crippen molar-refractivity contribution in [3.8, 4) is 11.5 Å². The van der Waals surface area contributed by atoms with Gasteiger partial charge in [0, 0.05) is 5.02 Å². The van der Waals surface area contributed by atoms with Gasteiger partial charge in [-0.05, 0) is 60.5 Å². The summed E-state index contributed by atoms with van der Waals surface area (Å²) in [7, 11) is 1.45.